The molecule has 1 N–H and O–H groups in total. The van der Waals surface area contributed by atoms with Gasteiger partial charge < -0.3 is 10.1 Å². The summed E-state index contributed by atoms with van der Waals surface area (Å²) in [5, 5.41) is 2.80. The van der Waals surface area contributed by atoms with Gasteiger partial charge in [-0.3, -0.25) is 9.59 Å². The first-order valence-electron chi connectivity index (χ1n) is 8.24. The van der Waals surface area contributed by atoms with Crippen LogP contribution in [0.3, 0.4) is 0 Å². The summed E-state index contributed by atoms with van der Waals surface area (Å²) >= 11 is 1.26. The van der Waals surface area contributed by atoms with Gasteiger partial charge in [-0.1, -0.05) is 42.5 Å². The van der Waals surface area contributed by atoms with Gasteiger partial charge in [-0.25, -0.2) is 4.79 Å². The molecule has 0 unspecified atom stereocenters. The SMILES string of the molecule is CC(C)NC(=O)CSc1ccccc1C(=O)OCC(=O)c1ccccc1. The third-order valence-corrected chi connectivity index (χ3v) is 4.42. The lowest BCUT2D eigenvalue weighted by molar-refractivity contribution is -0.119. The molecular weight excluding hydrogens is 350 g/mol. The molecule has 5 nitrogen and oxygen atoms in total. The molecule has 2 aromatic carbocycles. The zero-order chi connectivity index (χ0) is 18.9. The lowest BCUT2D eigenvalue weighted by Gasteiger charge is -2.10. The number of amides is 1. The minimum atomic E-state index is -0.582. The van der Waals surface area contributed by atoms with E-state index in [1.807, 2.05) is 19.9 Å². The smallest absolute Gasteiger partial charge is 0.339 e. The number of hydrogen-bond acceptors (Lipinski definition) is 5. The molecule has 2 aromatic rings. The average molecular weight is 371 g/mol. The van der Waals surface area contributed by atoms with Crippen LogP contribution in [0.25, 0.3) is 0 Å². The number of esters is 1. The number of nitrogens with one attached hydrogen (secondary N) is 1. The molecule has 0 aromatic heterocycles. The van der Waals surface area contributed by atoms with Crippen molar-refractivity contribution in [1.82, 2.24) is 5.32 Å². The van der Waals surface area contributed by atoms with Crippen LogP contribution in [-0.2, 0) is 9.53 Å². The van der Waals surface area contributed by atoms with Crippen LogP contribution in [0.5, 0.6) is 0 Å². The van der Waals surface area contributed by atoms with Crippen molar-refractivity contribution in [2.45, 2.75) is 24.8 Å². The average Bonchev–Trinajstić information content (AvgIpc) is 2.64. The van der Waals surface area contributed by atoms with E-state index in [2.05, 4.69) is 5.32 Å². The summed E-state index contributed by atoms with van der Waals surface area (Å²) in [6.07, 6.45) is 0. The molecule has 0 fully saturated rings. The van der Waals surface area contributed by atoms with Crippen molar-refractivity contribution in [3.05, 3.63) is 65.7 Å². The maximum Gasteiger partial charge on any atom is 0.339 e. The Balaban J connectivity index is 1.96. The first-order valence-corrected chi connectivity index (χ1v) is 9.22. The van der Waals surface area contributed by atoms with E-state index < -0.39 is 5.97 Å². The second-order valence-electron chi connectivity index (χ2n) is 5.87. The minimum absolute atomic E-state index is 0.0623. The molecule has 0 saturated carbocycles. The summed E-state index contributed by atoms with van der Waals surface area (Å²) in [4.78, 5) is 36.8. The molecule has 0 atom stereocenters. The summed E-state index contributed by atoms with van der Waals surface area (Å²) in [5.74, 6) is -0.750. The summed E-state index contributed by atoms with van der Waals surface area (Å²) < 4.78 is 5.15. The van der Waals surface area contributed by atoms with E-state index in [4.69, 9.17) is 4.74 Å². The highest BCUT2D eigenvalue weighted by Gasteiger charge is 2.16. The Labute approximate surface area is 157 Å². The van der Waals surface area contributed by atoms with Gasteiger partial charge in [0, 0.05) is 16.5 Å². The Hall–Kier alpha value is -2.60. The van der Waals surface area contributed by atoms with E-state index in [1.165, 1.54) is 11.8 Å². The van der Waals surface area contributed by atoms with Crippen LogP contribution in [0.15, 0.2) is 59.5 Å². The zero-order valence-corrected chi connectivity index (χ0v) is 15.5. The minimum Gasteiger partial charge on any atom is -0.454 e. The van der Waals surface area contributed by atoms with Crippen molar-refractivity contribution in [2.24, 2.45) is 0 Å². The van der Waals surface area contributed by atoms with Crippen LogP contribution in [0, 0.1) is 0 Å². The second kappa shape index (κ2) is 9.77. The molecule has 0 heterocycles. The van der Waals surface area contributed by atoms with Crippen molar-refractivity contribution < 1.29 is 19.1 Å². The lowest BCUT2D eigenvalue weighted by atomic mass is 10.1. The van der Waals surface area contributed by atoms with Gasteiger partial charge in [-0.15, -0.1) is 11.8 Å². The second-order valence-corrected chi connectivity index (χ2v) is 6.89. The van der Waals surface area contributed by atoms with Gasteiger partial charge in [-0.2, -0.15) is 0 Å². The van der Waals surface area contributed by atoms with Crippen molar-refractivity contribution >= 4 is 29.4 Å². The highest BCUT2D eigenvalue weighted by atomic mass is 32.2. The fourth-order valence-corrected chi connectivity index (χ4v) is 3.04. The van der Waals surface area contributed by atoms with Gasteiger partial charge in [0.15, 0.2) is 12.4 Å². The van der Waals surface area contributed by atoms with Gasteiger partial charge >= 0.3 is 5.97 Å². The molecule has 0 aliphatic rings. The van der Waals surface area contributed by atoms with E-state index in [-0.39, 0.29) is 30.1 Å². The van der Waals surface area contributed by atoms with Crippen LogP contribution >= 0.6 is 11.8 Å². The molecule has 26 heavy (non-hydrogen) atoms. The molecule has 0 bridgehead atoms. The summed E-state index contributed by atoms with van der Waals surface area (Å²) in [6.45, 7) is 3.45. The van der Waals surface area contributed by atoms with Crippen LogP contribution in [-0.4, -0.2) is 36.1 Å². The number of ketones is 1. The summed E-state index contributed by atoms with van der Waals surface area (Å²) in [6, 6.07) is 15.6. The molecule has 1 amide bonds. The van der Waals surface area contributed by atoms with Crippen LogP contribution in [0.4, 0.5) is 0 Å². The van der Waals surface area contributed by atoms with E-state index in [0.717, 1.165) is 0 Å². The molecule has 0 spiro atoms. The number of thioether (sulfide) groups is 1. The predicted octanol–water partition coefficient (Wildman–Crippen LogP) is 3.34. The molecule has 6 heteroatoms. The molecule has 2 rings (SSSR count). The third kappa shape index (κ3) is 6.04. The lowest BCUT2D eigenvalue weighted by Crippen LogP contribution is -2.31. The highest BCUT2D eigenvalue weighted by Crippen LogP contribution is 2.23. The zero-order valence-electron chi connectivity index (χ0n) is 14.7. The van der Waals surface area contributed by atoms with E-state index in [1.54, 1.807) is 48.5 Å². The maximum absolute atomic E-state index is 12.3. The Morgan fingerprint density at radius 1 is 1.00 bits per heavy atom. The van der Waals surface area contributed by atoms with Crippen molar-refractivity contribution in [3.8, 4) is 0 Å². The van der Waals surface area contributed by atoms with Gasteiger partial charge in [-0.05, 0) is 26.0 Å². The normalized spacial score (nSPS) is 10.4. The van der Waals surface area contributed by atoms with Crippen LogP contribution in [0.2, 0.25) is 0 Å². The van der Waals surface area contributed by atoms with Gasteiger partial charge in [0.25, 0.3) is 0 Å². The van der Waals surface area contributed by atoms with Crippen molar-refractivity contribution in [3.63, 3.8) is 0 Å². The summed E-state index contributed by atoms with van der Waals surface area (Å²) in [7, 11) is 0. The molecule has 0 aliphatic carbocycles. The molecule has 0 radical (unpaired) electrons. The monoisotopic (exact) mass is 371 g/mol. The van der Waals surface area contributed by atoms with Gasteiger partial charge in [0.1, 0.15) is 0 Å². The van der Waals surface area contributed by atoms with E-state index >= 15 is 0 Å². The topological polar surface area (TPSA) is 72.5 Å². The Bertz CT molecular complexity index is 774. The number of ether oxygens (including phenoxy) is 1. The standard InChI is InChI=1S/C20H21NO4S/c1-14(2)21-19(23)13-26-18-11-7-6-10-16(18)20(24)25-12-17(22)15-8-4-3-5-9-15/h3-11,14H,12-13H2,1-2H3,(H,21,23). The maximum atomic E-state index is 12.3. The number of carbonyl (C=O) groups is 3. The largest absolute Gasteiger partial charge is 0.454 e. The highest BCUT2D eigenvalue weighted by molar-refractivity contribution is 8.00. The first kappa shape index (κ1) is 19.7. The van der Waals surface area contributed by atoms with E-state index in [9.17, 15) is 14.4 Å². The predicted molar refractivity (Wildman–Crippen MR) is 101 cm³/mol. The fraction of sp³-hybridized carbons (Fsp3) is 0.250. The summed E-state index contributed by atoms with van der Waals surface area (Å²) in [5.41, 5.74) is 0.837. The Kier molecular flexibility index (Phi) is 7.41. The number of Topliss-reactive ketones (excluding diaryl/α,β-unsaturated/α-hetero) is 1. The number of hydrogen-bond donors (Lipinski definition) is 1. The molecular formula is C20H21NO4S. The van der Waals surface area contributed by atoms with Crippen LogP contribution in [0.1, 0.15) is 34.6 Å². The molecule has 0 aliphatic heterocycles. The van der Waals surface area contributed by atoms with E-state index in [0.29, 0.717) is 16.0 Å². The molecule has 136 valence electrons. The number of rotatable bonds is 8. The first-order chi connectivity index (χ1) is 12.5. The number of carbonyl (C=O) groups excluding carboxylic acids is 3. The Morgan fingerprint density at radius 3 is 2.35 bits per heavy atom. The van der Waals surface area contributed by atoms with Gasteiger partial charge in [0.2, 0.25) is 5.91 Å². The quantitative estimate of drug-likeness (QED) is 0.438. The number of benzene rings is 2. The van der Waals surface area contributed by atoms with Gasteiger partial charge in [0.05, 0.1) is 11.3 Å². The third-order valence-electron chi connectivity index (χ3n) is 3.35. The van der Waals surface area contributed by atoms with Crippen LogP contribution < -0.4 is 5.32 Å². The van der Waals surface area contributed by atoms with Crippen molar-refractivity contribution in [1.29, 1.82) is 0 Å². The Morgan fingerprint density at radius 2 is 1.65 bits per heavy atom. The fourth-order valence-electron chi connectivity index (χ4n) is 2.18. The van der Waals surface area contributed by atoms with Crippen molar-refractivity contribution in [2.75, 3.05) is 12.4 Å². The molecule has 0 saturated heterocycles.